The van der Waals surface area contributed by atoms with Crippen molar-refractivity contribution in [1.82, 2.24) is 14.9 Å². The fourth-order valence-electron chi connectivity index (χ4n) is 1.03. The summed E-state index contributed by atoms with van der Waals surface area (Å²) in [7, 11) is 0. The largest absolute Gasteiger partial charge is 0.270 e. The Morgan fingerprint density at radius 1 is 1.14 bits per heavy atom. The number of hydrogen-bond acceptors (Lipinski definition) is 3. The number of carbonyl (C=O) groups is 1. The molecular formula is C9H8N4O. The van der Waals surface area contributed by atoms with E-state index in [9.17, 15) is 4.79 Å². The van der Waals surface area contributed by atoms with Gasteiger partial charge in [0.05, 0.1) is 0 Å². The Hall–Kier alpha value is -2.17. The summed E-state index contributed by atoms with van der Waals surface area (Å²) in [6.45, 7) is 0. The minimum atomic E-state index is -0.189. The van der Waals surface area contributed by atoms with E-state index in [4.69, 9.17) is 0 Å². The highest BCUT2D eigenvalue weighted by molar-refractivity contribution is 5.99. The highest BCUT2D eigenvalue weighted by atomic mass is 16.2. The van der Waals surface area contributed by atoms with E-state index >= 15 is 0 Å². The number of benzene rings is 1. The maximum atomic E-state index is 11.5. The van der Waals surface area contributed by atoms with Crippen LogP contribution in [0.3, 0.4) is 0 Å². The second-order valence-corrected chi connectivity index (χ2v) is 2.68. The number of nitrogens with one attached hydrogen (secondary N) is 1. The molecule has 2 rings (SSSR count). The zero-order valence-electron chi connectivity index (χ0n) is 7.29. The van der Waals surface area contributed by atoms with Crippen molar-refractivity contribution in [2.75, 3.05) is 5.43 Å². The predicted octanol–water partition coefficient (Wildman–Crippen LogP) is 0.662. The molecule has 0 aliphatic carbocycles. The Kier molecular flexibility index (Phi) is 2.22. The van der Waals surface area contributed by atoms with Gasteiger partial charge in [-0.25, -0.2) is 4.68 Å². The summed E-state index contributed by atoms with van der Waals surface area (Å²) in [5.41, 5.74) is 3.19. The quantitative estimate of drug-likeness (QED) is 0.753. The lowest BCUT2D eigenvalue weighted by Crippen LogP contribution is -2.21. The van der Waals surface area contributed by atoms with E-state index in [1.807, 2.05) is 6.07 Å². The molecule has 0 aliphatic heterocycles. The average Bonchev–Trinajstić information content (AvgIpc) is 2.72. The van der Waals surface area contributed by atoms with Gasteiger partial charge in [0.15, 0.2) is 0 Å². The van der Waals surface area contributed by atoms with Crippen molar-refractivity contribution in [3.8, 4) is 0 Å². The molecule has 0 saturated carbocycles. The van der Waals surface area contributed by atoms with E-state index in [1.54, 1.807) is 24.3 Å². The van der Waals surface area contributed by atoms with Gasteiger partial charge >= 0.3 is 0 Å². The van der Waals surface area contributed by atoms with Crippen molar-refractivity contribution < 1.29 is 4.79 Å². The van der Waals surface area contributed by atoms with Gasteiger partial charge in [0, 0.05) is 5.56 Å². The Bertz CT molecular complexity index is 410. The lowest BCUT2D eigenvalue weighted by Gasteiger charge is -2.03. The van der Waals surface area contributed by atoms with Gasteiger partial charge in [0.1, 0.15) is 12.7 Å². The molecule has 5 nitrogen and oxygen atoms in total. The van der Waals surface area contributed by atoms with E-state index in [0.29, 0.717) is 5.56 Å². The highest BCUT2D eigenvalue weighted by Gasteiger charge is 2.03. The number of nitrogens with zero attached hydrogens (tertiary/aromatic N) is 3. The van der Waals surface area contributed by atoms with Crippen molar-refractivity contribution in [2.24, 2.45) is 0 Å². The first kappa shape index (κ1) is 8.43. The van der Waals surface area contributed by atoms with Crippen molar-refractivity contribution in [3.05, 3.63) is 48.5 Å². The molecule has 0 aliphatic rings. The topological polar surface area (TPSA) is 59.8 Å². The fourth-order valence-corrected chi connectivity index (χ4v) is 1.03. The molecule has 1 amide bonds. The lowest BCUT2D eigenvalue weighted by atomic mass is 10.2. The van der Waals surface area contributed by atoms with Gasteiger partial charge < -0.3 is 0 Å². The minimum absolute atomic E-state index is 0.189. The van der Waals surface area contributed by atoms with Crippen molar-refractivity contribution >= 4 is 5.91 Å². The molecule has 0 spiro atoms. The maximum Gasteiger partial charge on any atom is 0.270 e. The number of aromatic nitrogens is 3. The third-order valence-electron chi connectivity index (χ3n) is 1.69. The number of carbonyl (C=O) groups excluding carboxylic acids is 1. The van der Waals surface area contributed by atoms with Crippen LogP contribution in [0.5, 0.6) is 0 Å². The van der Waals surface area contributed by atoms with Gasteiger partial charge in [-0.15, -0.1) is 10.2 Å². The van der Waals surface area contributed by atoms with Crippen LogP contribution in [0, 0.1) is 0 Å². The second-order valence-electron chi connectivity index (χ2n) is 2.68. The summed E-state index contributed by atoms with van der Waals surface area (Å²) in [5, 5.41) is 7.13. The Labute approximate surface area is 80.4 Å². The van der Waals surface area contributed by atoms with Crippen molar-refractivity contribution in [2.45, 2.75) is 0 Å². The molecule has 1 aromatic carbocycles. The molecule has 0 unspecified atom stereocenters. The van der Waals surface area contributed by atoms with Gasteiger partial charge in [-0.3, -0.25) is 10.2 Å². The van der Waals surface area contributed by atoms with Crippen LogP contribution in [0.15, 0.2) is 43.0 Å². The molecule has 2 aromatic rings. The maximum absolute atomic E-state index is 11.5. The highest BCUT2D eigenvalue weighted by Crippen LogP contribution is 1.98. The van der Waals surface area contributed by atoms with E-state index in [2.05, 4.69) is 15.6 Å². The molecule has 5 heteroatoms. The molecule has 0 atom stereocenters. The fraction of sp³-hybridized carbons (Fsp3) is 0. The third kappa shape index (κ3) is 1.77. The first-order valence-electron chi connectivity index (χ1n) is 4.07. The Morgan fingerprint density at radius 3 is 2.43 bits per heavy atom. The van der Waals surface area contributed by atoms with Gasteiger partial charge in [-0.1, -0.05) is 18.2 Å². The zero-order valence-corrected chi connectivity index (χ0v) is 7.29. The first-order valence-corrected chi connectivity index (χ1v) is 4.07. The summed E-state index contributed by atoms with van der Waals surface area (Å²) in [4.78, 5) is 11.5. The van der Waals surface area contributed by atoms with E-state index < -0.39 is 0 Å². The first-order chi connectivity index (χ1) is 6.86. The van der Waals surface area contributed by atoms with Crippen LogP contribution in [0.1, 0.15) is 10.4 Å². The number of amides is 1. The van der Waals surface area contributed by atoms with Crippen LogP contribution in [-0.4, -0.2) is 20.8 Å². The standard InChI is InChI=1S/C9H8N4O/c14-9(8-4-2-1-3-5-8)12-13-6-10-11-7-13/h1-7H,(H,12,14). The Morgan fingerprint density at radius 2 is 1.79 bits per heavy atom. The van der Waals surface area contributed by atoms with Gasteiger partial charge in [0.25, 0.3) is 5.91 Å². The SMILES string of the molecule is O=C(Nn1cnnc1)c1ccccc1. The summed E-state index contributed by atoms with van der Waals surface area (Å²) in [6, 6.07) is 8.94. The molecule has 0 bridgehead atoms. The number of hydrogen-bond donors (Lipinski definition) is 1. The van der Waals surface area contributed by atoms with E-state index in [1.165, 1.54) is 17.3 Å². The molecular weight excluding hydrogens is 180 g/mol. The molecule has 70 valence electrons. The summed E-state index contributed by atoms with van der Waals surface area (Å²) < 4.78 is 1.40. The number of rotatable bonds is 2. The van der Waals surface area contributed by atoms with Crippen LogP contribution in [0.2, 0.25) is 0 Å². The smallest absolute Gasteiger partial charge is 0.267 e. The van der Waals surface area contributed by atoms with Crippen LogP contribution in [0.4, 0.5) is 0 Å². The van der Waals surface area contributed by atoms with E-state index in [-0.39, 0.29) is 5.91 Å². The molecule has 14 heavy (non-hydrogen) atoms. The van der Waals surface area contributed by atoms with Gasteiger partial charge in [-0.2, -0.15) is 0 Å². The summed E-state index contributed by atoms with van der Waals surface area (Å²) in [6.07, 6.45) is 2.84. The monoisotopic (exact) mass is 188 g/mol. The normalized spacial score (nSPS) is 9.71. The summed E-state index contributed by atoms with van der Waals surface area (Å²) >= 11 is 0. The van der Waals surface area contributed by atoms with Crippen LogP contribution >= 0.6 is 0 Å². The molecule has 1 aromatic heterocycles. The van der Waals surface area contributed by atoms with Crippen molar-refractivity contribution in [1.29, 1.82) is 0 Å². The molecule has 1 heterocycles. The molecule has 0 saturated heterocycles. The second kappa shape index (κ2) is 3.69. The average molecular weight is 188 g/mol. The van der Waals surface area contributed by atoms with Gasteiger partial charge in [-0.05, 0) is 12.1 Å². The predicted molar refractivity (Wildman–Crippen MR) is 50.2 cm³/mol. The van der Waals surface area contributed by atoms with Crippen LogP contribution in [-0.2, 0) is 0 Å². The zero-order chi connectivity index (χ0) is 9.80. The van der Waals surface area contributed by atoms with Crippen LogP contribution < -0.4 is 5.43 Å². The molecule has 1 N–H and O–H groups in total. The summed E-state index contributed by atoms with van der Waals surface area (Å²) in [5.74, 6) is -0.189. The van der Waals surface area contributed by atoms with Crippen molar-refractivity contribution in [3.63, 3.8) is 0 Å². The third-order valence-corrected chi connectivity index (χ3v) is 1.69. The minimum Gasteiger partial charge on any atom is -0.267 e. The lowest BCUT2D eigenvalue weighted by molar-refractivity contribution is 0.101. The van der Waals surface area contributed by atoms with Crippen LogP contribution in [0.25, 0.3) is 0 Å². The molecule has 0 fully saturated rings. The molecule has 0 radical (unpaired) electrons. The van der Waals surface area contributed by atoms with Gasteiger partial charge in [0.2, 0.25) is 0 Å². The Balaban J connectivity index is 2.11. The van der Waals surface area contributed by atoms with E-state index in [0.717, 1.165) is 0 Å².